The number of aromatic nitrogens is 3. The van der Waals surface area contributed by atoms with Gasteiger partial charge in [-0.15, -0.1) is 0 Å². The largest absolute Gasteiger partial charge is 0.481 e. The highest BCUT2D eigenvalue weighted by Gasteiger charge is 2.20. The SMILES string of the molecule is C=CC(=O)N1CCCN(c2cc(NCCC(=O)O)nc(-c3ccccn3)n2)CC1. The maximum absolute atomic E-state index is 11.9. The van der Waals surface area contributed by atoms with Gasteiger partial charge >= 0.3 is 5.97 Å². The van der Waals surface area contributed by atoms with Gasteiger partial charge in [0.25, 0.3) is 0 Å². The lowest BCUT2D eigenvalue weighted by Gasteiger charge is -2.23. The van der Waals surface area contributed by atoms with Crippen molar-refractivity contribution in [3.63, 3.8) is 0 Å². The number of carbonyl (C=O) groups is 2. The summed E-state index contributed by atoms with van der Waals surface area (Å²) in [6.07, 6.45) is 3.81. The van der Waals surface area contributed by atoms with Gasteiger partial charge in [-0.2, -0.15) is 0 Å². The van der Waals surface area contributed by atoms with Crippen LogP contribution in [0.1, 0.15) is 12.8 Å². The fourth-order valence-electron chi connectivity index (χ4n) is 3.09. The molecule has 0 aromatic carbocycles. The Labute approximate surface area is 169 Å². The summed E-state index contributed by atoms with van der Waals surface area (Å²) in [5.41, 5.74) is 0.633. The first-order valence-corrected chi connectivity index (χ1v) is 9.49. The van der Waals surface area contributed by atoms with Crippen LogP contribution in [0.4, 0.5) is 11.6 Å². The minimum absolute atomic E-state index is 0.0133. The molecular weight excluding hydrogens is 372 g/mol. The number of amides is 1. The Hall–Kier alpha value is -3.49. The van der Waals surface area contributed by atoms with E-state index in [1.807, 2.05) is 18.2 Å². The highest BCUT2D eigenvalue weighted by Crippen LogP contribution is 2.22. The molecule has 3 heterocycles. The lowest BCUT2D eigenvalue weighted by Crippen LogP contribution is -2.34. The number of hydrogen-bond donors (Lipinski definition) is 2. The summed E-state index contributed by atoms with van der Waals surface area (Å²) in [6.45, 7) is 6.44. The zero-order valence-corrected chi connectivity index (χ0v) is 16.1. The molecule has 1 saturated heterocycles. The van der Waals surface area contributed by atoms with Crippen molar-refractivity contribution in [1.29, 1.82) is 0 Å². The van der Waals surface area contributed by atoms with E-state index in [9.17, 15) is 9.59 Å². The molecule has 3 rings (SSSR count). The zero-order valence-electron chi connectivity index (χ0n) is 16.1. The summed E-state index contributed by atoms with van der Waals surface area (Å²) in [5, 5.41) is 11.9. The van der Waals surface area contributed by atoms with Crippen LogP contribution in [-0.4, -0.2) is 69.6 Å². The van der Waals surface area contributed by atoms with E-state index in [0.717, 1.165) is 13.0 Å². The first-order valence-electron chi connectivity index (χ1n) is 9.49. The Morgan fingerprint density at radius 2 is 2.07 bits per heavy atom. The van der Waals surface area contributed by atoms with Crippen LogP contribution in [0, 0.1) is 0 Å². The van der Waals surface area contributed by atoms with Gasteiger partial charge in [0.15, 0.2) is 5.82 Å². The van der Waals surface area contributed by atoms with E-state index in [2.05, 4.69) is 31.7 Å². The Balaban J connectivity index is 1.85. The van der Waals surface area contributed by atoms with Crippen molar-refractivity contribution >= 4 is 23.5 Å². The predicted octanol–water partition coefficient (Wildman–Crippen LogP) is 1.65. The van der Waals surface area contributed by atoms with Crippen molar-refractivity contribution in [2.75, 3.05) is 42.9 Å². The van der Waals surface area contributed by atoms with Gasteiger partial charge in [0.05, 0.1) is 6.42 Å². The number of carbonyl (C=O) groups excluding carboxylic acids is 1. The van der Waals surface area contributed by atoms with E-state index in [1.165, 1.54) is 6.08 Å². The molecule has 0 spiro atoms. The Bertz CT molecular complexity index is 874. The number of aliphatic carboxylic acids is 1. The predicted molar refractivity (Wildman–Crippen MR) is 110 cm³/mol. The lowest BCUT2D eigenvalue weighted by molar-refractivity contribution is -0.136. The first kappa shape index (κ1) is 20.2. The molecule has 9 nitrogen and oxygen atoms in total. The van der Waals surface area contributed by atoms with Gasteiger partial charge in [-0.3, -0.25) is 14.6 Å². The number of carboxylic acids is 1. The number of hydrogen-bond acceptors (Lipinski definition) is 7. The summed E-state index contributed by atoms with van der Waals surface area (Å²) < 4.78 is 0. The minimum Gasteiger partial charge on any atom is -0.481 e. The molecule has 0 atom stereocenters. The maximum Gasteiger partial charge on any atom is 0.305 e. The quantitative estimate of drug-likeness (QED) is 0.680. The van der Waals surface area contributed by atoms with Crippen molar-refractivity contribution < 1.29 is 14.7 Å². The zero-order chi connectivity index (χ0) is 20.6. The van der Waals surface area contributed by atoms with Gasteiger partial charge in [-0.25, -0.2) is 9.97 Å². The molecule has 2 aromatic heterocycles. The van der Waals surface area contributed by atoms with Gasteiger partial charge in [0.2, 0.25) is 5.91 Å². The van der Waals surface area contributed by atoms with Gasteiger partial charge in [0, 0.05) is 45.0 Å². The molecule has 0 bridgehead atoms. The number of nitrogens with one attached hydrogen (secondary N) is 1. The van der Waals surface area contributed by atoms with Gasteiger partial charge in [0.1, 0.15) is 17.3 Å². The first-order chi connectivity index (χ1) is 14.1. The van der Waals surface area contributed by atoms with Crippen molar-refractivity contribution in [1.82, 2.24) is 19.9 Å². The molecule has 1 fully saturated rings. The number of pyridine rings is 1. The number of anilines is 2. The Kier molecular flexibility index (Phi) is 6.72. The monoisotopic (exact) mass is 396 g/mol. The number of rotatable bonds is 7. The summed E-state index contributed by atoms with van der Waals surface area (Å²) in [6, 6.07) is 7.31. The van der Waals surface area contributed by atoms with Gasteiger partial charge < -0.3 is 20.2 Å². The molecule has 1 aliphatic rings. The van der Waals surface area contributed by atoms with E-state index >= 15 is 0 Å². The topological polar surface area (TPSA) is 112 Å². The van der Waals surface area contributed by atoms with E-state index in [-0.39, 0.29) is 18.9 Å². The molecule has 0 saturated carbocycles. The summed E-state index contributed by atoms with van der Waals surface area (Å²) >= 11 is 0. The molecule has 1 aliphatic heterocycles. The van der Waals surface area contributed by atoms with Crippen LogP contribution in [0.3, 0.4) is 0 Å². The van der Waals surface area contributed by atoms with Crippen molar-refractivity contribution in [2.45, 2.75) is 12.8 Å². The van der Waals surface area contributed by atoms with E-state index in [0.29, 0.717) is 42.8 Å². The van der Waals surface area contributed by atoms with Crippen LogP contribution in [-0.2, 0) is 9.59 Å². The van der Waals surface area contributed by atoms with E-state index in [1.54, 1.807) is 17.2 Å². The van der Waals surface area contributed by atoms with Crippen LogP contribution in [0.5, 0.6) is 0 Å². The second-order valence-corrected chi connectivity index (χ2v) is 6.59. The highest BCUT2D eigenvalue weighted by molar-refractivity contribution is 5.87. The molecule has 1 amide bonds. The molecule has 152 valence electrons. The second kappa shape index (κ2) is 9.63. The Morgan fingerprint density at radius 3 is 2.79 bits per heavy atom. The molecule has 2 aromatic rings. The smallest absolute Gasteiger partial charge is 0.305 e. The molecule has 9 heteroatoms. The Morgan fingerprint density at radius 1 is 1.21 bits per heavy atom. The molecule has 0 aliphatic carbocycles. The van der Waals surface area contributed by atoms with Gasteiger partial charge in [-0.05, 0) is 24.6 Å². The maximum atomic E-state index is 11.9. The fourth-order valence-corrected chi connectivity index (χ4v) is 3.09. The molecule has 2 N–H and O–H groups in total. The number of nitrogens with zero attached hydrogens (tertiary/aromatic N) is 5. The second-order valence-electron chi connectivity index (χ2n) is 6.59. The average molecular weight is 396 g/mol. The van der Waals surface area contributed by atoms with Crippen LogP contribution in [0.2, 0.25) is 0 Å². The van der Waals surface area contributed by atoms with Crippen LogP contribution < -0.4 is 10.2 Å². The summed E-state index contributed by atoms with van der Waals surface area (Å²) in [4.78, 5) is 40.1. The molecular formula is C20H24N6O3. The molecule has 0 unspecified atom stereocenters. The van der Waals surface area contributed by atoms with Gasteiger partial charge in [-0.1, -0.05) is 12.6 Å². The van der Waals surface area contributed by atoms with Crippen LogP contribution in [0.25, 0.3) is 11.5 Å². The van der Waals surface area contributed by atoms with Crippen LogP contribution in [0.15, 0.2) is 43.1 Å². The molecule has 29 heavy (non-hydrogen) atoms. The van der Waals surface area contributed by atoms with Crippen LogP contribution >= 0.6 is 0 Å². The van der Waals surface area contributed by atoms with Crippen molar-refractivity contribution in [3.8, 4) is 11.5 Å². The third-order valence-corrected chi connectivity index (χ3v) is 4.56. The average Bonchev–Trinajstić information content (AvgIpc) is 3.00. The van der Waals surface area contributed by atoms with E-state index in [4.69, 9.17) is 5.11 Å². The molecule has 0 radical (unpaired) electrons. The fraction of sp³-hybridized carbons (Fsp3) is 0.350. The summed E-state index contributed by atoms with van der Waals surface area (Å²) in [7, 11) is 0. The van der Waals surface area contributed by atoms with Crippen molar-refractivity contribution in [2.24, 2.45) is 0 Å². The number of carboxylic acid groups (broad SMARTS) is 1. The lowest BCUT2D eigenvalue weighted by atomic mass is 10.3. The summed E-state index contributed by atoms with van der Waals surface area (Å²) in [5.74, 6) is 0.770. The third kappa shape index (κ3) is 5.50. The van der Waals surface area contributed by atoms with Crippen molar-refractivity contribution in [3.05, 3.63) is 43.1 Å². The standard InChI is InChI=1S/C20H24N6O3/c1-2-18(27)26-11-5-10-25(12-13-26)17-14-16(22-9-7-19(28)29)23-20(24-17)15-6-3-4-8-21-15/h2-4,6,8,14H,1,5,7,9-13H2,(H,28,29)(H,22,23,24). The third-order valence-electron chi connectivity index (χ3n) is 4.56. The van der Waals surface area contributed by atoms with E-state index < -0.39 is 5.97 Å². The minimum atomic E-state index is -0.878. The highest BCUT2D eigenvalue weighted by atomic mass is 16.4. The normalized spacial score (nSPS) is 14.2.